The van der Waals surface area contributed by atoms with Gasteiger partial charge < -0.3 is 4.42 Å². The van der Waals surface area contributed by atoms with Crippen LogP contribution >= 0.6 is 0 Å². The molecule has 2 heterocycles. The van der Waals surface area contributed by atoms with Crippen molar-refractivity contribution in [2.45, 2.75) is 0 Å². The van der Waals surface area contributed by atoms with Crippen molar-refractivity contribution in [2.24, 2.45) is 0 Å². The molecule has 0 aliphatic heterocycles. The highest BCUT2D eigenvalue weighted by Crippen LogP contribution is 2.43. The van der Waals surface area contributed by atoms with Crippen LogP contribution in [0.2, 0.25) is 0 Å². The molecule has 0 spiro atoms. The normalized spacial score (nSPS) is 11.4. The molecule has 0 N–H and O–H groups in total. The van der Waals surface area contributed by atoms with Gasteiger partial charge in [0.15, 0.2) is 5.82 Å². The predicted molar refractivity (Wildman–Crippen MR) is 194 cm³/mol. The van der Waals surface area contributed by atoms with E-state index in [1.807, 2.05) is 36.4 Å². The van der Waals surface area contributed by atoms with Crippen LogP contribution in [0.25, 0.3) is 88.9 Å². The molecule has 0 unspecified atom stereocenters. The summed E-state index contributed by atoms with van der Waals surface area (Å²) in [6, 6.07) is 59.0. The van der Waals surface area contributed by atoms with E-state index in [9.17, 15) is 0 Å². The van der Waals surface area contributed by atoms with E-state index in [4.69, 9.17) is 14.4 Å². The molecule has 0 saturated carbocycles. The van der Waals surface area contributed by atoms with E-state index in [1.165, 1.54) is 16.5 Å². The van der Waals surface area contributed by atoms with E-state index < -0.39 is 0 Å². The molecule has 0 fully saturated rings. The van der Waals surface area contributed by atoms with Gasteiger partial charge in [0, 0.05) is 33.0 Å². The van der Waals surface area contributed by atoms with Gasteiger partial charge in [-0.05, 0) is 63.9 Å². The van der Waals surface area contributed by atoms with Crippen LogP contribution in [0.3, 0.4) is 0 Å². The zero-order valence-corrected chi connectivity index (χ0v) is 25.5. The Morgan fingerprint density at radius 2 is 0.957 bits per heavy atom. The highest BCUT2D eigenvalue weighted by Gasteiger charge is 2.19. The summed E-state index contributed by atoms with van der Waals surface area (Å²) in [4.78, 5) is 10.2. The van der Waals surface area contributed by atoms with Crippen LogP contribution < -0.4 is 0 Å². The minimum absolute atomic E-state index is 0.679. The van der Waals surface area contributed by atoms with Crippen LogP contribution in [-0.2, 0) is 0 Å². The number of rotatable bonds is 5. The van der Waals surface area contributed by atoms with Gasteiger partial charge in [-0.1, -0.05) is 133 Å². The molecular formula is C44H28N2O. The summed E-state index contributed by atoms with van der Waals surface area (Å²) in [6.07, 6.45) is 0. The van der Waals surface area contributed by atoms with Gasteiger partial charge in [0.25, 0.3) is 0 Å². The lowest BCUT2D eigenvalue weighted by Gasteiger charge is -2.11. The molecular weight excluding hydrogens is 572 g/mol. The lowest BCUT2D eigenvalue weighted by Crippen LogP contribution is -1.95. The largest absolute Gasteiger partial charge is 0.455 e. The van der Waals surface area contributed by atoms with Gasteiger partial charge >= 0.3 is 0 Å². The number of benzene rings is 7. The summed E-state index contributed by atoms with van der Waals surface area (Å²) in [5.74, 6) is 0.679. The van der Waals surface area contributed by atoms with Crippen LogP contribution in [0.5, 0.6) is 0 Å². The van der Waals surface area contributed by atoms with E-state index >= 15 is 0 Å². The summed E-state index contributed by atoms with van der Waals surface area (Å²) in [5, 5.41) is 4.44. The van der Waals surface area contributed by atoms with Gasteiger partial charge in [-0.3, -0.25) is 0 Å². The maximum absolute atomic E-state index is 6.73. The van der Waals surface area contributed by atoms with Gasteiger partial charge in [-0.25, -0.2) is 9.97 Å². The number of hydrogen-bond acceptors (Lipinski definition) is 3. The fourth-order valence-electron chi connectivity index (χ4n) is 6.57. The van der Waals surface area contributed by atoms with Crippen LogP contribution in [0.1, 0.15) is 0 Å². The summed E-state index contributed by atoms with van der Waals surface area (Å²) < 4.78 is 6.73. The van der Waals surface area contributed by atoms with Crippen molar-refractivity contribution in [3.05, 3.63) is 170 Å². The predicted octanol–water partition coefficient (Wildman–Crippen LogP) is 11.9. The summed E-state index contributed by atoms with van der Waals surface area (Å²) in [6.45, 7) is 0. The zero-order valence-electron chi connectivity index (χ0n) is 25.5. The van der Waals surface area contributed by atoms with E-state index in [0.29, 0.717) is 5.82 Å². The first kappa shape index (κ1) is 27.0. The first-order valence-electron chi connectivity index (χ1n) is 15.8. The highest BCUT2D eigenvalue weighted by atomic mass is 16.3. The molecule has 0 amide bonds. The molecule has 0 radical (unpaired) electrons. The number of hydrogen-bond donors (Lipinski definition) is 0. The molecule has 47 heavy (non-hydrogen) atoms. The van der Waals surface area contributed by atoms with Crippen molar-refractivity contribution < 1.29 is 4.42 Å². The molecule has 0 aliphatic rings. The van der Waals surface area contributed by atoms with Gasteiger partial charge in [0.05, 0.1) is 11.4 Å². The number of aromatic nitrogens is 2. The van der Waals surface area contributed by atoms with Gasteiger partial charge in [-0.2, -0.15) is 0 Å². The standard InChI is InChI=1S/C44H28N2O/c1-4-13-29(14-5-1)32-20-12-21-34(25-32)42-36-22-11-10-19-33(36)26-38-37-27-35(23-24-41(37)47-43(38)42)44-45-39(30-15-6-2-7-16-30)28-40(46-44)31-17-8-3-9-18-31/h1-28H. The Bertz CT molecular complexity index is 2500. The van der Waals surface area contributed by atoms with Crippen LogP contribution in [-0.4, -0.2) is 9.97 Å². The van der Waals surface area contributed by atoms with E-state index in [0.717, 1.165) is 66.5 Å². The van der Waals surface area contributed by atoms with Crippen molar-refractivity contribution in [3.8, 4) is 56.2 Å². The van der Waals surface area contributed by atoms with Gasteiger partial charge in [0.2, 0.25) is 0 Å². The molecule has 3 heteroatoms. The van der Waals surface area contributed by atoms with Crippen molar-refractivity contribution in [2.75, 3.05) is 0 Å². The molecule has 7 aromatic carbocycles. The summed E-state index contributed by atoms with van der Waals surface area (Å²) in [5.41, 5.74) is 11.1. The Kier molecular flexibility index (Phi) is 6.46. The second-order valence-electron chi connectivity index (χ2n) is 11.8. The van der Waals surface area contributed by atoms with E-state index in [-0.39, 0.29) is 0 Å². The Balaban J connectivity index is 1.26. The minimum Gasteiger partial charge on any atom is -0.455 e. The average Bonchev–Trinajstić information content (AvgIpc) is 3.52. The Morgan fingerprint density at radius 1 is 0.362 bits per heavy atom. The quantitative estimate of drug-likeness (QED) is 0.197. The second kappa shape index (κ2) is 11.2. The van der Waals surface area contributed by atoms with Crippen LogP contribution in [0, 0.1) is 0 Å². The lowest BCUT2D eigenvalue weighted by molar-refractivity contribution is 0.670. The third kappa shape index (κ3) is 4.86. The smallest absolute Gasteiger partial charge is 0.160 e. The third-order valence-electron chi connectivity index (χ3n) is 8.87. The van der Waals surface area contributed by atoms with Gasteiger partial charge in [-0.15, -0.1) is 0 Å². The second-order valence-corrected chi connectivity index (χ2v) is 11.8. The van der Waals surface area contributed by atoms with Crippen molar-refractivity contribution >= 4 is 32.7 Å². The van der Waals surface area contributed by atoms with E-state index in [2.05, 4.69) is 133 Å². The van der Waals surface area contributed by atoms with E-state index in [1.54, 1.807) is 0 Å². The topological polar surface area (TPSA) is 38.9 Å². The molecule has 3 nitrogen and oxygen atoms in total. The maximum Gasteiger partial charge on any atom is 0.160 e. The number of fused-ring (bicyclic) bond motifs is 4. The fourth-order valence-corrected chi connectivity index (χ4v) is 6.57. The Hall–Kier alpha value is -6.32. The molecule has 2 aromatic heterocycles. The lowest BCUT2D eigenvalue weighted by atomic mass is 9.93. The first-order chi connectivity index (χ1) is 23.3. The third-order valence-corrected chi connectivity index (χ3v) is 8.87. The summed E-state index contributed by atoms with van der Waals surface area (Å²) >= 11 is 0. The van der Waals surface area contributed by atoms with Crippen molar-refractivity contribution in [1.29, 1.82) is 0 Å². The monoisotopic (exact) mass is 600 g/mol. The highest BCUT2D eigenvalue weighted by molar-refractivity contribution is 6.18. The van der Waals surface area contributed by atoms with Crippen molar-refractivity contribution in [1.82, 2.24) is 9.97 Å². The molecule has 0 atom stereocenters. The minimum atomic E-state index is 0.679. The van der Waals surface area contributed by atoms with Crippen LogP contribution in [0.4, 0.5) is 0 Å². The average molecular weight is 601 g/mol. The Labute approximate surface area is 272 Å². The van der Waals surface area contributed by atoms with Crippen molar-refractivity contribution in [3.63, 3.8) is 0 Å². The molecule has 0 aliphatic carbocycles. The molecule has 220 valence electrons. The fraction of sp³-hybridized carbons (Fsp3) is 0. The maximum atomic E-state index is 6.73. The molecule has 0 bridgehead atoms. The Morgan fingerprint density at radius 3 is 1.66 bits per heavy atom. The molecule has 9 rings (SSSR count). The first-order valence-corrected chi connectivity index (χ1v) is 15.8. The van der Waals surface area contributed by atoms with Crippen LogP contribution in [0.15, 0.2) is 174 Å². The number of nitrogens with zero attached hydrogens (tertiary/aromatic N) is 2. The summed E-state index contributed by atoms with van der Waals surface area (Å²) in [7, 11) is 0. The SMILES string of the molecule is c1ccc(-c2cccc(-c3c4ccccc4cc4c3oc3ccc(-c5nc(-c6ccccc6)cc(-c6ccccc6)n5)cc34)c2)cc1. The number of furan rings is 1. The molecule has 9 aromatic rings. The molecule has 0 saturated heterocycles. The zero-order chi connectivity index (χ0) is 31.2. The van der Waals surface area contributed by atoms with Gasteiger partial charge in [0.1, 0.15) is 11.2 Å².